The molecule has 1 aromatic carbocycles. The summed E-state index contributed by atoms with van der Waals surface area (Å²) < 4.78 is 5.82. The van der Waals surface area contributed by atoms with E-state index >= 15 is 0 Å². The average Bonchev–Trinajstić information content (AvgIpc) is 3.16. The minimum atomic E-state index is -0.597. The number of benzene rings is 1. The van der Waals surface area contributed by atoms with Gasteiger partial charge in [-0.2, -0.15) is 0 Å². The van der Waals surface area contributed by atoms with Gasteiger partial charge in [-0.15, -0.1) is 5.92 Å². The Morgan fingerprint density at radius 1 is 1.00 bits per heavy atom. The molecular weight excluding hydrogens is 288 g/mol. The Bertz CT molecular complexity index is 729. The third kappa shape index (κ3) is 1.95. The van der Waals surface area contributed by atoms with Crippen LogP contribution in [0, 0.1) is 37.5 Å². The minimum Gasteiger partial charge on any atom is -0.373 e. The molecule has 23 heavy (non-hydrogen) atoms. The monoisotopic (exact) mass is 308 g/mol. The van der Waals surface area contributed by atoms with Gasteiger partial charge >= 0.3 is 0 Å². The van der Waals surface area contributed by atoms with E-state index in [4.69, 9.17) is 4.74 Å². The third-order valence-electron chi connectivity index (χ3n) is 5.65. The summed E-state index contributed by atoms with van der Waals surface area (Å²) in [5.41, 5.74) is 3.81. The van der Waals surface area contributed by atoms with Crippen molar-refractivity contribution >= 4 is 11.6 Å². The Hall–Kier alpha value is -1.92. The summed E-state index contributed by atoms with van der Waals surface area (Å²) >= 11 is 0. The lowest BCUT2D eigenvalue weighted by Gasteiger charge is -2.17. The Labute approximate surface area is 136 Å². The summed E-state index contributed by atoms with van der Waals surface area (Å²) in [5.74, 6) is 5.09. The van der Waals surface area contributed by atoms with Crippen molar-refractivity contribution in [3.63, 3.8) is 0 Å². The molecule has 3 fully saturated rings. The second-order valence-corrected chi connectivity index (χ2v) is 6.98. The third-order valence-corrected chi connectivity index (χ3v) is 5.65. The lowest BCUT2D eigenvalue weighted by atomic mass is 9.81. The van der Waals surface area contributed by atoms with Crippen molar-refractivity contribution in [1.29, 1.82) is 0 Å². The van der Waals surface area contributed by atoms with Crippen LogP contribution < -0.4 is 0 Å². The Morgan fingerprint density at radius 3 is 2.00 bits per heavy atom. The highest BCUT2D eigenvalue weighted by Gasteiger charge is 2.63. The maximum absolute atomic E-state index is 13.0. The Kier molecular flexibility index (Phi) is 3.21. The van der Waals surface area contributed by atoms with E-state index < -0.39 is 5.92 Å². The number of aryl methyl sites for hydroxylation is 2. The molecule has 2 saturated heterocycles. The Morgan fingerprint density at radius 2 is 1.52 bits per heavy atom. The van der Waals surface area contributed by atoms with Gasteiger partial charge in [0.2, 0.25) is 0 Å². The zero-order chi connectivity index (χ0) is 16.3. The summed E-state index contributed by atoms with van der Waals surface area (Å²) in [5, 5.41) is 0. The first-order chi connectivity index (χ1) is 11.0. The van der Waals surface area contributed by atoms with Crippen LogP contribution in [-0.2, 0) is 14.3 Å². The summed E-state index contributed by atoms with van der Waals surface area (Å²) in [4.78, 5) is 25.9. The summed E-state index contributed by atoms with van der Waals surface area (Å²) in [6.07, 6.45) is 1.77. The molecule has 0 amide bonds. The molecule has 3 nitrogen and oxygen atoms in total. The van der Waals surface area contributed by atoms with E-state index in [1.54, 1.807) is 6.92 Å². The molecule has 0 N–H and O–H groups in total. The van der Waals surface area contributed by atoms with Crippen molar-refractivity contribution in [3.05, 3.63) is 34.4 Å². The van der Waals surface area contributed by atoms with Gasteiger partial charge in [0.15, 0.2) is 11.6 Å². The highest BCUT2D eigenvalue weighted by atomic mass is 16.5. The maximum Gasteiger partial charge on any atom is 0.154 e. The number of fused-ring (bicyclic) bond motifs is 5. The van der Waals surface area contributed by atoms with Crippen LogP contribution in [0.4, 0.5) is 0 Å². The average molecular weight is 308 g/mol. The Balaban J connectivity index is 1.78. The van der Waals surface area contributed by atoms with E-state index in [0.29, 0.717) is 0 Å². The number of carbonyl (C=O) groups is 2. The van der Waals surface area contributed by atoms with Gasteiger partial charge in [-0.25, -0.2) is 0 Å². The molecule has 4 unspecified atom stereocenters. The molecule has 0 radical (unpaired) electrons. The smallest absolute Gasteiger partial charge is 0.154 e. The quantitative estimate of drug-likeness (QED) is 0.592. The van der Waals surface area contributed by atoms with E-state index in [1.165, 1.54) is 0 Å². The van der Waals surface area contributed by atoms with Gasteiger partial charge < -0.3 is 4.74 Å². The largest absolute Gasteiger partial charge is 0.373 e. The summed E-state index contributed by atoms with van der Waals surface area (Å²) in [6.45, 7) is 5.76. The molecular formula is C20H20O3. The predicted molar refractivity (Wildman–Crippen MR) is 86.1 cm³/mol. The minimum absolute atomic E-state index is 0.0303. The van der Waals surface area contributed by atoms with Crippen molar-refractivity contribution in [2.45, 2.75) is 51.7 Å². The predicted octanol–water partition coefficient (Wildman–Crippen LogP) is 2.70. The molecule has 2 heterocycles. The molecule has 5 atom stereocenters. The van der Waals surface area contributed by atoms with Gasteiger partial charge in [-0.3, -0.25) is 9.59 Å². The fourth-order valence-corrected chi connectivity index (χ4v) is 4.86. The number of hydrogen-bond donors (Lipinski definition) is 0. The standard InChI is InChI=1S/C20H20O3/c1-4-5-12-8-10(2)15(11(3)9-12)18-19(21)16-13-6-7-14(23-13)17(16)20(18)22/h8-9,13-14,16-18H,6-7H2,1-3H3/t13?,14?,16-,17?,18?/m1/s1. The molecule has 0 aromatic heterocycles. The normalized spacial score (nSPS) is 34.5. The van der Waals surface area contributed by atoms with Crippen molar-refractivity contribution in [2.75, 3.05) is 0 Å². The van der Waals surface area contributed by atoms with Gasteiger partial charge in [-0.05, 0) is 62.4 Å². The van der Waals surface area contributed by atoms with Gasteiger partial charge in [0.05, 0.1) is 24.0 Å². The van der Waals surface area contributed by atoms with Gasteiger partial charge in [0, 0.05) is 5.56 Å². The molecule has 0 spiro atoms. The number of Topliss-reactive ketones (excluding diaryl/α,β-unsaturated/α-hetero) is 2. The van der Waals surface area contributed by atoms with E-state index in [9.17, 15) is 9.59 Å². The molecule has 2 bridgehead atoms. The van der Waals surface area contributed by atoms with Crippen LogP contribution in [0.15, 0.2) is 12.1 Å². The summed E-state index contributed by atoms with van der Waals surface area (Å²) in [6, 6.07) is 3.97. The molecule has 3 aliphatic rings. The van der Waals surface area contributed by atoms with Crippen molar-refractivity contribution in [3.8, 4) is 11.8 Å². The highest BCUT2D eigenvalue weighted by Crippen LogP contribution is 2.52. The molecule has 4 rings (SSSR count). The molecule has 3 heteroatoms. The fourth-order valence-electron chi connectivity index (χ4n) is 4.86. The topological polar surface area (TPSA) is 43.4 Å². The fraction of sp³-hybridized carbons (Fsp3) is 0.500. The van der Waals surface area contributed by atoms with Crippen LogP contribution in [-0.4, -0.2) is 23.8 Å². The molecule has 2 aliphatic heterocycles. The van der Waals surface area contributed by atoms with E-state index in [0.717, 1.165) is 35.1 Å². The number of carbonyl (C=O) groups excluding carboxylic acids is 2. The van der Waals surface area contributed by atoms with E-state index in [2.05, 4.69) is 11.8 Å². The molecule has 1 aromatic rings. The number of hydrogen-bond acceptors (Lipinski definition) is 3. The van der Waals surface area contributed by atoms with Crippen LogP contribution in [0.1, 0.15) is 47.9 Å². The first-order valence-electron chi connectivity index (χ1n) is 8.29. The lowest BCUT2D eigenvalue weighted by molar-refractivity contribution is -0.127. The molecule has 1 saturated carbocycles. The zero-order valence-corrected chi connectivity index (χ0v) is 13.7. The molecule has 118 valence electrons. The number of ketones is 2. The van der Waals surface area contributed by atoms with Crippen LogP contribution in [0.25, 0.3) is 0 Å². The van der Waals surface area contributed by atoms with Crippen molar-refractivity contribution in [2.24, 2.45) is 11.8 Å². The van der Waals surface area contributed by atoms with E-state index in [-0.39, 0.29) is 35.6 Å². The first kappa shape index (κ1) is 14.7. The van der Waals surface area contributed by atoms with Gasteiger partial charge in [0.25, 0.3) is 0 Å². The summed E-state index contributed by atoms with van der Waals surface area (Å²) in [7, 11) is 0. The van der Waals surface area contributed by atoms with Gasteiger partial charge in [0.1, 0.15) is 5.92 Å². The number of rotatable bonds is 1. The highest BCUT2D eigenvalue weighted by molar-refractivity contribution is 6.17. The van der Waals surface area contributed by atoms with Crippen LogP contribution in [0.3, 0.4) is 0 Å². The van der Waals surface area contributed by atoms with Crippen LogP contribution >= 0.6 is 0 Å². The maximum atomic E-state index is 13.0. The van der Waals surface area contributed by atoms with Crippen LogP contribution in [0.2, 0.25) is 0 Å². The van der Waals surface area contributed by atoms with Crippen LogP contribution in [0.5, 0.6) is 0 Å². The zero-order valence-electron chi connectivity index (χ0n) is 13.7. The second kappa shape index (κ2) is 5.04. The lowest BCUT2D eigenvalue weighted by Crippen LogP contribution is -2.29. The number of ether oxygens (including phenoxy) is 1. The second-order valence-electron chi connectivity index (χ2n) is 6.98. The SMILES string of the molecule is CC#Cc1cc(C)c(C2C(=O)C3C4CCC(O4)[C@H]3C2=O)c(C)c1. The van der Waals surface area contributed by atoms with Crippen molar-refractivity contribution in [1.82, 2.24) is 0 Å². The van der Waals surface area contributed by atoms with Crippen molar-refractivity contribution < 1.29 is 14.3 Å². The van der Waals surface area contributed by atoms with Gasteiger partial charge in [-0.1, -0.05) is 5.92 Å². The molecule has 1 aliphatic carbocycles. The first-order valence-corrected chi connectivity index (χ1v) is 8.29. The van der Waals surface area contributed by atoms with E-state index in [1.807, 2.05) is 26.0 Å².